The van der Waals surface area contributed by atoms with E-state index in [1.54, 1.807) is 6.08 Å². The summed E-state index contributed by atoms with van der Waals surface area (Å²) in [5.74, 6) is -0.219. The molecule has 0 radical (unpaired) electrons. The van der Waals surface area contributed by atoms with Crippen molar-refractivity contribution in [1.29, 1.82) is 0 Å². The minimum Gasteiger partial charge on any atom is -0.394 e. The third-order valence-electron chi connectivity index (χ3n) is 15.0. The zero-order valence-corrected chi connectivity index (χ0v) is 49.7. The van der Waals surface area contributed by atoms with E-state index in [2.05, 4.69) is 92.1 Å². The number of allylic oxidation sites excluding steroid dienone is 13. The van der Waals surface area contributed by atoms with Crippen LogP contribution in [-0.4, -0.2) is 87.5 Å². The van der Waals surface area contributed by atoms with Crippen molar-refractivity contribution in [2.75, 3.05) is 13.2 Å². The number of amides is 1. The van der Waals surface area contributed by atoms with Gasteiger partial charge in [0.05, 0.1) is 25.4 Å². The summed E-state index contributed by atoms with van der Waals surface area (Å²) >= 11 is 0. The van der Waals surface area contributed by atoms with Crippen LogP contribution in [0.15, 0.2) is 85.1 Å². The normalized spacial score (nSPS) is 19.3. The van der Waals surface area contributed by atoms with Gasteiger partial charge in [-0.15, -0.1) is 0 Å². The highest BCUT2D eigenvalue weighted by atomic mass is 16.7. The van der Waals surface area contributed by atoms with Crippen molar-refractivity contribution in [3.63, 3.8) is 0 Å². The molecular weight excluding hydrogens is 959 g/mol. The summed E-state index contributed by atoms with van der Waals surface area (Å²) in [5, 5.41) is 54.6. The van der Waals surface area contributed by atoms with Crippen molar-refractivity contribution in [3.05, 3.63) is 85.1 Å². The predicted molar refractivity (Wildman–Crippen MR) is 327 cm³/mol. The molecule has 446 valence electrons. The van der Waals surface area contributed by atoms with Crippen LogP contribution in [0.5, 0.6) is 0 Å². The number of ether oxygens (including phenoxy) is 2. The molecule has 0 aromatic rings. The lowest BCUT2D eigenvalue weighted by Crippen LogP contribution is -2.60. The third kappa shape index (κ3) is 45.8. The second-order valence-electron chi connectivity index (χ2n) is 22.2. The lowest BCUT2D eigenvalue weighted by molar-refractivity contribution is -0.302. The molecule has 7 atom stereocenters. The third-order valence-corrected chi connectivity index (χ3v) is 15.0. The minimum atomic E-state index is -1.58. The van der Waals surface area contributed by atoms with Crippen LogP contribution in [0.3, 0.4) is 0 Å². The quantitative estimate of drug-likeness (QED) is 0.0261. The summed E-state index contributed by atoms with van der Waals surface area (Å²) in [6, 6.07) is -0.835. The van der Waals surface area contributed by atoms with Crippen molar-refractivity contribution in [1.82, 2.24) is 5.32 Å². The topological polar surface area (TPSA) is 149 Å². The molecule has 9 nitrogen and oxygen atoms in total. The summed E-state index contributed by atoms with van der Waals surface area (Å²) in [6.07, 6.45) is 74.0. The van der Waals surface area contributed by atoms with Gasteiger partial charge in [-0.05, 0) is 70.6 Å². The molecule has 1 aliphatic heterocycles. The van der Waals surface area contributed by atoms with Crippen LogP contribution in [0.2, 0.25) is 0 Å². The summed E-state index contributed by atoms with van der Waals surface area (Å²) in [6.45, 7) is 3.66. The number of hydrogen-bond acceptors (Lipinski definition) is 8. The first kappa shape index (κ1) is 72.4. The molecule has 0 spiro atoms. The Hall–Kier alpha value is -2.63. The molecule has 0 aromatic carbocycles. The summed E-state index contributed by atoms with van der Waals surface area (Å²) in [5.41, 5.74) is 0. The number of aliphatic hydroxyl groups is 5. The smallest absolute Gasteiger partial charge is 0.220 e. The van der Waals surface area contributed by atoms with Crippen LogP contribution in [0, 0.1) is 0 Å². The zero-order valence-electron chi connectivity index (χ0n) is 49.7. The minimum absolute atomic E-state index is 0.210. The number of carbonyl (C=O) groups excluding carboxylic acids is 1. The van der Waals surface area contributed by atoms with Gasteiger partial charge in [-0.1, -0.05) is 292 Å². The molecular formula is C68H121NO8. The predicted octanol–water partition coefficient (Wildman–Crippen LogP) is 17.0. The van der Waals surface area contributed by atoms with Gasteiger partial charge in [0.25, 0.3) is 0 Å². The molecule has 6 N–H and O–H groups in total. The van der Waals surface area contributed by atoms with Crippen molar-refractivity contribution in [2.24, 2.45) is 0 Å². The van der Waals surface area contributed by atoms with Crippen molar-refractivity contribution in [2.45, 2.75) is 326 Å². The Morgan fingerprint density at radius 1 is 0.455 bits per heavy atom. The Bertz CT molecular complexity index is 1490. The van der Waals surface area contributed by atoms with Gasteiger partial charge in [-0.2, -0.15) is 0 Å². The molecule has 1 fully saturated rings. The van der Waals surface area contributed by atoms with Gasteiger partial charge in [-0.25, -0.2) is 0 Å². The Balaban J connectivity index is 2.18. The monoisotopic (exact) mass is 1080 g/mol. The fraction of sp³-hybridized carbons (Fsp3) is 0.779. The molecule has 1 aliphatic rings. The van der Waals surface area contributed by atoms with Crippen LogP contribution >= 0.6 is 0 Å². The molecule has 1 saturated heterocycles. The number of aliphatic hydroxyl groups excluding tert-OH is 5. The highest BCUT2D eigenvalue weighted by Crippen LogP contribution is 2.23. The first-order chi connectivity index (χ1) is 37.8. The average molecular weight is 1080 g/mol. The number of rotatable bonds is 55. The second-order valence-corrected chi connectivity index (χ2v) is 22.2. The average Bonchev–Trinajstić information content (AvgIpc) is 3.43. The Labute approximate surface area is 473 Å². The highest BCUT2D eigenvalue weighted by Gasteiger charge is 2.44. The largest absolute Gasteiger partial charge is 0.394 e. The van der Waals surface area contributed by atoms with E-state index in [0.29, 0.717) is 6.42 Å². The van der Waals surface area contributed by atoms with Gasteiger partial charge in [0.1, 0.15) is 24.4 Å². The molecule has 1 amide bonds. The second kappa shape index (κ2) is 56.6. The number of unbranched alkanes of at least 4 members (excludes halogenated alkanes) is 33. The van der Waals surface area contributed by atoms with E-state index < -0.39 is 49.5 Å². The molecule has 9 heteroatoms. The van der Waals surface area contributed by atoms with E-state index in [9.17, 15) is 30.3 Å². The zero-order chi connectivity index (χ0) is 55.8. The van der Waals surface area contributed by atoms with Crippen molar-refractivity contribution < 1.29 is 39.8 Å². The number of carbonyl (C=O) groups is 1. The van der Waals surface area contributed by atoms with E-state index in [4.69, 9.17) is 9.47 Å². The summed E-state index contributed by atoms with van der Waals surface area (Å²) < 4.78 is 11.3. The van der Waals surface area contributed by atoms with E-state index in [1.165, 1.54) is 186 Å². The van der Waals surface area contributed by atoms with Gasteiger partial charge in [-0.3, -0.25) is 4.79 Å². The lowest BCUT2D eigenvalue weighted by Gasteiger charge is -2.40. The van der Waals surface area contributed by atoms with E-state index in [1.807, 2.05) is 6.08 Å². The van der Waals surface area contributed by atoms with Gasteiger partial charge in [0, 0.05) is 6.42 Å². The van der Waals surface area contributed by atoms with E-state index >= 15 is 0 Å². The van der Waals surface area contributed by atoms with Gasteiger partial charge in [0.15, 0.2) is 6.29 Å². The van der Waals surface area contributed by atoms with Crippen LogP contribution in [0.4, 0.5) is 0 Å². The fourth-order valence-electron chi connectivity index (χ4n) is 9.93. The van der Waals surface area contributed by atoms with Gasteiger partial charge >= 0.3 is 0 Å². The molecule has 1 heterocycles. The first-order valence-electron chi connectivity index (χ1n) is 32.3. The standard InChI is InChI=1S/C68H121NO8/c1-3-5-7-9-11-13-15-17-19-21-23-25-26-27-28-29-30-31-32-33-34-35-36-38-39-41-43-45-47-49-51-53-55-57-62(71)61(60-76-68-67(75)66(74)65(73)63(59-70)77-68)69-64(72)58-56-54-52-50-48-46-44-42-40-37-24-22-20-18-16-14-12-10-8-6-4-2/h6,8,12,14,18,20,24,37,42,44,48,50,55,57,61-63,65-68,70-71,73-75H,3-5,7,9-11,13,15-17,19,21-23,25-36,38-41,43,45-47,49,51-54,56,58-60H2,1-2H3,(H,69,72)/b8-6-,14-12-,20-18-,37-24-,44-42-,50-48-,57-55+. The molecule has 1 rings (SSSR count). The van der Waals surface area contributed by atoms with Crippen LogP contribution < -0.4 is 5.32 Å². The van der Waals surface area contributed by atoms with Crippen LogP contribution in [0.25, 0.3) is 0 Å². The molecule has 7 unspecified atom stereocenters. The molecule has 0 aliphatic carbocycles. The van der Waals surface area contributed by atoms with Gasteiger partial charge in [0.2, 0.25) is 5.91 Å². The lowest BCUT2D eigenvalue weighted by atomic mass is 9.99. The Morgan fingerprint density at radius 3 is 1.19 bits per heavy atom. The van der Waals surface area contributed by atoms with Crippen molar-refractivity contribution >= 4 is 5.91 Å². The Morgan fingerprint density at radius 2 is 0.805 bits per heavy atom. The summed E-state index contributed by atoms with van der Waals surface area (Å²) in [4.78, 5) is 13.1. The van der Waals surface area contributed by atoms with Crippen LogP contribution in [-0.2, 0) is 14.3 Å². The molecule has 0 saturated carbocycles. The maximum Gasteiger partial charge on any atom is 0.220 e. The fourth-order valence-corrected chi connectivity index (χ4v) is 9.93. The molecule has 77 heavy (non-hydrogen) atoms. The molecule has 0 aromatic heterocycles. The maximum atomic E-state index is 13.1. The van der Waals surface area contributed by atoms with E-state index in [-0.39, 0.29) is 18.9 Å². The maximum absolute atomic E-state index is 13.1. The summed E-state index contributed by atoms with van der Waals surface area (Å²) in [7, 11) is 0. The van der Waals surface area contributed by atoms with Crippen LogP contribution in [0.1, 0.15) is 284 Å². The SMILES string of the molecule is CC/C=C\C/C=C\C/C=C\C/C=C\C/C=C\C/C=C\CCCCC(=O)NC(COC1OC(CO)C(O)C(O)C1O)C(O)/C=C/CCCCCCCCCCCCCCCCCCCCCCCCCCCCCCCCC. The van der Waals surface area contributed by atoms with Gasteiger partial charge < -0.3 is 40.3 Å². The number of hydrogen-bond donors (Lipinski definition) is 6. The first-order valence-corrected chi connectivity index (χ1v) is 32.3. The van der Waals surface area contributed by atoms with Crippen molar-refractivity contribution in [3.8, 4) is 0 Å². The Kier molecular flexibility index (Phi) is 53.2. The highest BCUT2D eigenvalue weighted by molar-refractivity contribution is 5.76. The van der Waals surface area contributed by atoms with E-state index in [0.717, 1.165) is 70.6 Å². The number of nitrogens with one attached hydrogen (secondary N) is 1. The molecule has 0 bridgehead atoms.